The molecule has 3 aromatic rings. The molecule has 0 aromatic heterocycles. The molecule has 0 saturated heterocycles. The number of para-hydroxylation sites is 1. The molecule has 10 heteroatoms. The van der Waals surface area contributed by atoms with E-state index < -0.39 is 34.5 Å². The molecule has 0 radical (unpaired) electrons. The van der Waals surface area contributed by atoms with Crippen LogP contribution in [0.15, 0.2) is 82.2 Å². The van der Waals surface area contributed by atoms with Crippen molar-refractivity contribution in [1.29, 1.82) is 0 Å². The van der Waals surface area contributed by atoms with Crippen LogP contribution in [-0.2, 0) is 14.8 Å². The number of sulfonamides is 1. The molecule has 2 amide bonds. The zero-order valence-corrected chi connectivity index (χ0v) is 23.8. The summed E-state index contributed by atoms with van der Waals surface area (Å²) < 4.78 is 29.4. The van der Waals surface area contributed by atoms with Crippen molar-refractivity contribution < 1.29 is 23.1 Å². The monoisotopic (exact) mass is 601 g/mol. The van der Waals surface area contributed by atoms with Crippen molar-refractivity contribution in [1.82, 2.24) is 10.2 Å². The SMILES string of the molecule is CCCCNC(=O)C(c1cccc(Br)c1)N(CCO)C(=O)c1ccccc1NS(=O)(=O)c1ccc(C)cc1. The second-order valence-electron chi connectivity index (χ2n) is 8.79. The highest BCUT2D eigenvalue weighted by Crippen LogP contribution is 2.29. The van der Waals surface area contributed by atoms with Crippen LogP contribution in [0.25, 0.3) is 0 Å². The Morgan fingerprint density at radius 3 is 2.39 bits per heavy atom. The predicted octanol–water partition coefficient (Wildman–Crippen LogP) is 4.65. The summed E-state index contributed by atoms with van der Waals surface area (Å²) in [5, 5.41) is 12.7. The lowest BCUT2D eigenvalue weighted by atomic mass is 10.0. The predicted molar refractivity (Wildman–Crippen MR) is 151 cm³/mol. The Morgan fingerprint density at radius 2 is 1.74 bits per heavy atom. The molecule has 202 valence electrons. The molecule has 38 heavy (non-hydrogen) atoms. The van der Waals surface area contributed by atoms with E-state index >= 15 is 0 Å². The molecule has 0 saturated carbocycles. The summed E-state index contributed by atoms with van der Waals surface area (Å²) in [6, 6.07) is 18.6. The van der Waals surface area contributed by atoms with Crippen molar-refractivity contribution in [3.63, 3.8) is 0 Å². The Kier molecular flexibility index (Phi) is 10.5. The quantitative estimate of drug-likeness (QED) is 0.261. The van der Waals surface area contributed by atoms with Gasteiger partial charge in [-0.2, -0.15) is 0 Å². The number of nitrogens with zero attached hydrogens (tertiary/aromatic N) is 1. The Morgan fingerprint density at radius 1 is 1.03 bits per heavy atom. The first-order valence-electron chi connectivity index (χ1n) is 12.3. The van der Waals surface area contributed by atoms with Crippen molar-refractivity contribution in [3.8, 4) is 0 Å². The molecular weight excluding hydrogens is 570 g/mol. The molecule has 0 fully saturated rings. The number of rotatable bonds is 12. The van der Waals surface area contributed by atoms with E-state index in [2.05, 4.69) is 26.0 Å². The molecule has 1 atom stereocenters. The normalized spacial score (nSPS) is 12.0. The molecule has 1 unspecified atom stereocenters. The number of amides is 2. The molecule has 3 aromatic carbocycles. The number of carbonyl (C=O) groups is 2. The van der Waals surface area contributed by atoms with Gasteiger partial charge in [-0.15, -0.1) is 0 Å². The molecule has 0 aliphatic carbocycles. The van der Waals surface area contributed by atoms with E-state index in [1.54, 1.807) is 42.5 Å². The lowest BCUT2D eigenvalue weighted by Gasteiger charge is -2.31. The number of hydrogen-bond donors (Lipinski definition) is 3. The van der Waals surface area contributed by atoms with Crippen LogP contribution in [0.4, 0.5) is 5.69 Å². The number of aliphatic hydroxyl groups excluding tert-OH is 1. The second kappa shape index (κ2) is 13.5. The summed E-state index contributed by atoms with van der Waals surface area (Å²) in [5.74, 6) is -0.993. The first kappa shape index (κ1) is 29.3. The van der Waals surface area contributed by atoms with Gasteiger partial charge in [-0.05, 0) is 55.3 Å². The number of anilines is 1. The maximum Gasteiger partial charge on any atom is 0.261 e. The number of hydrogen-bond acceptors (Lipinski definition) is 5. The fourth-order valence-electron chi connectivity index (χ4n) is 3.92. The number of halogens is 1. The molecule has 3 N–H and O–H groups in total. The van der Waals surface area contributed by atoms with Crippen LogP contribution in [0, 0.1) is 6.92 Å². The largest absolute Gasteiger partial charge is 0.395 e. The Balaban J connectivity index is 2.02. The van der Waals surface area contributed by atoms with Gasteiger partial charge in [-0.3, -0.25) is 14.3 Å². The van der Waals surface area contributed by atoms with Crippen LogP contribution >= 0.6 is 15.9 Å². The number of benzene rings is 3. The maximum atomic E-state index is 13.9. The molecule has 0 aliphatic rings. The van der Waals surface area contributed by atoms with Gasteiger partial charge in [0.05, 0.1) is 22.8 Å². The highest BCUT2D eigenvalue weighted by Gasteiger charge is 2.33. The average Bonchev–Trinajstić information content (AvgIpc) is 2.88. The van der Waals surface area contributed by atoms with E-state index in [-0.39, 0.29) is 22.7 Å². The summed E-state index contributed by atoms with van der Waals surface area (Å²) >= 11 is 3.42. The van der Waals surface area contributed by atoms with Gasteiger partial charge in [0.15, 0.2) is 0 Å². The van der Waals surface area contributed by atoms with Gasteiger partial charge in [-0.25, -0.2) is 8.42 Å². The van der Waals surface area contributed by atoms with Crippen LogP contribution in [0.5, 0.6) is 0 Å². The summed E-state index contributed by atoms with van der Waals surface area (Å²) in [7, 11) is -3.99. The lowest BCUT2D eigenvalue weighted by molar-refractivity contribution is -0.126. The van der Waals surface area contributed by atoms with Gasteiger partial charge >= 0.3 is 0 Å². The summed E-state index contributed by atoms with van der Waals surface area (Å²) in [6.07, 6.45) is 1.66. The Bertz CT molecular complexity index is 1360. The fraction of sp³-hybridized carbons (Fsp3) is 0.286. The van der Waals surface area contributed by atoms with E-state index in [1.807, 2.05) is 19.9 Å². The molecule has 8 nitrogen and oxygen atoms in total. The van der Waals surface area contributed by atoms with Crippen molar-refractivity contribution in [2.75, 3.05) is 24.4 Å². The summed E-state index contributed by atoms with van der Waals surface area (Å²) in [4.78, 5) is 28.7. The van der Waals surface area contributed by atoms with Gasteiger partial charge in [-0.1, -0.05) is 71.2 Å². The Hall–Kier alpha value is -3.21. The zero-order valence-electron chi connectivity index (χ0n) is 21.4. The second-order valence-corrected chi connectivity index (χ2v) is 11.4. The van der Waals surface area contributed by atoms with Gasteiger partial charge in [0.25, 0.3) is 15.9 Å². The summed E-state index contributed by atoms with van der Waals surface area (Å²) in [6.45, 7) is 3.77. The van der Waals surface area contributed by atoms with Gasteiger partial charge in [0, 0.05) is 17.6 Å². The molecule has 0 heterocycles. The van der Waals surface area contributed by atoms with E-state index in [0.29, 0.717) is 12.1 Å². The molecule has 0 spiro atoms. The van der Waals surface area contributed by atoms with Crippen molar-refractivity contribution >= 4 is 43.5 Å². The first-order valence-corrected chi connectivity index (χ1v) is 14.6. The molecule has 0 aliphatic heterocycles. The molecule has 0 bridgehead atoms. The third-order valence-corrected chi connectivity index (χ3v) is 7.76. The van der Waals surface area contributed by atoms with Crippen molar-refractivity contribution in [3.05, 3.63) is 94.0 Å². The summed E-state index contributed by atoms with van der Waals surface area (Å²) in [5.41, 5.74) is 1.58. The number of aryl methyl sites for hydroxylation is 1. The number of aliphatic hydroxyl groups is 1. The minimum absolute atomic E-state index is 0.0537. The van der Waals surface area contributed by atoms with Crippen LogP contribution < -0.4 is 10.0 Å². The fourth-order valence-corrected chi connectivity index (χ4v) is 5.42. The minimum Gasteiger partial charge on any atom is -0.395 e. The average molecular weight is 603 g/mol. The third kappa shape index (κ3) is 7.43. The zero-order chi connectivity index (χ0) is 27.7. The molecular formula is C28H32BrN3O5S. The lowest BCUT2D eigenvalue weighted by Crippen LogP contribution is -2.45. The van der Waals surface area contributed by atoms with Crippen LogP contribution in [0.3, 0.4) is 0 Å². The smallest absolute Gasteiger partial charge is 0.261 e. The van der Waals surface area contributed by atoms with Crippen molar-refractivity contribution in [2.24, 2.45) is 0 Å². The van der Waals surface area contributed by atoms with E-state index in [4.69, 9.17) is 0 Å². The van der Waals surface area contributed by atoms with Crippen LogP contribution in [-0.4, -0.2) is 49.9 Å². The van der Waals surface area contributed by atoms with E-state index in [9.17, 15) is 23.1 Å². The van der Waals surface area contributed by atoms with Crippen molar-refractivity contribution in [2.45, 2.75) is 37.6 Å². The van der Waals surface area contributed by atoms with Gasteiger partial charge < -0.3 is 15.3 Å². The highest BCUT2D eigenvalue weighted by molar-refractivity contribution is 9.10. The van der Waals surface area contributed by atoms with Gasteiger partial charge in [0.2, 0.25) is 5.91 Å². The van der Waals surface area contributed by atoms with E-state index in [0.717, 1.165) is 22.9 Å². The first-order chi connectivity index (χ1) is 18.2. The Labute approximate surface area is 232 Å². The third-order valence-electron chi connectivity index (χ3n) is 5.89. The number of carbonyl (C=O) groups excluding carboxylic acids is 2. The topological polar surface area (TPSA) is 116 Å². The maximum absolute atomic E-state index is 13.9. The number of nitrogens with one attached hydrogen (secondary N) is 2. The van der Waals surface area contributed by atoms with E-state index in [1.165, 1.54) is 29.2 Å². The number of unbranched alkanes of at least 4 members (excludes halogenated alkanes) is 1. The standard InChI is InChI=1S/C28H32BrN3O5S/c1-3-4-16-30-27(34)26(21-8-7-9-22(29)19-21)32(17-18-33)28(35)24-10-5-6-11-25(24)31-38(36,37)23-14-12-20(2)13-15-23/h5-15,19,26,31,33H,3-4,16-18H2,1-2H3,(H,30,34). The van der Waals surface area contributed by atoms with Crippen LogP contribution in [0.2, 0.25) is 0 Å². The van der Waals surface area contributed by atoms with Crippen LogP contribution in [0.1, 0.15) is 47.3 Å². The highest BCUT2D eigenvalue weighted by atomic mass is 79.9. The minimum atomic E-state index is -3.99. The van der Waals surface area contributed by atoms with Gasteiger partial charge in [0.1, 0.15) is 6.04 Å². The molecule has 3 rings (SSSR count).